The smallest absolute Gasteiger partial charge is 0.318 e. The van der Waals surface area contributed by atoms with Crippen molar-refractivity contribution in [2.45, 2.75) is 25.4 Å². The Hall–Kier alpha value is -2.89. The first-order chi connectivity index (χ1) is 11.8. The van der Waals surface area contributed by atoms with E-state index in [1.165, 1.54) is 0 Å². The fourth-order valence-corrected chi connectivity index (χ4v) is 3.28. The molecule has 0 radical (unpaired) electrons. The van der Waals surface area contributed by atoms with Crippen LogP contribution in [0.1, 0.15) is 30.1 Å². The Bertz CT molecular complexity index is 812. The van der Waals surface area contributed by atoms with Crippen molar-refractivity contribution in [3.63, 3.8) is 0 Å². The summed E-state index contributed by atoms with van der Waals surface area (Å²) in [7, 11) is 0. The molecule has 1 saturated heterocycles. The van der Waals surface area contributed by atoms with Gasteiger partial charge in [0.2, 0.25) is 0 Å². The monoisotopic (exact) mass is 321 g/mol. The van der Waals surface area contributed by atoms with Crippen molar-refractivity contribution >= 4 is 11.7 Å². The van der Waals surface area contributed by atoms with E-state index in [2.05, 4.69) is 15.3 Å². The molecule has 0 saturated carbocycles. The number of nitrogens with zero attached hydrogens (tertiary/aromatic N) is 4. The average Bonchev–Trinajstić information content (AvgIpc) is 3.27. The molecule has 0 bridgehead atoms. The van der Waals surface area contributed by atoms with Gasteiger partial charge in [0.15, 0.2) is 0 Å². The summed E-state index contributed by atoms with van der Waals surface area (Å²) in [5, 5.41) is 3.00. The lowest BCUT2D eigenvalue weighted by molar-refractivity contribution is 0.192. The van der Waals surface area contributed by atoms with Gasteiger partial charge in [0.05, 0.1) is 18.3 Å². The molecule has 0 aliphatic carbocycles. The molecule has 1 fully saturated rings. The number of pyridine rings is 2. The van der Waals surface area contributed by atoms with Crippen LogP contribution >= 0.6 is 0 Å². The van der Waals surface area contributed by atoms with Gasteiger partial charge in [0.25, 0.3) is 0 Å². The molecule has 1 aliphatic heterocycles. The summed E-state index contributed by atoms with van der Waals surface area (Å²) in [5.74, 6) is 0. The van der Waals surface area contributed by atoms with Crippen molar-refractivity contribution < 1.29 is 4.79 Å². The van der Waals surface area contributed by atoms with E-state index in [4.69, 9.17) is 0 Å². The highest BCUT2D eigenvalue weighted by Gasteiger charge is 2.29. The molecule has 122 valence electrons. The van der Waals surface area contributed by atoms with Crippen LogP contribution in [0.2, 0.25) is 0 Å². The minimum absolute atomic E-state index is 0.0358. The maximum Gasteiger partial charge on any atom is 0.318 e. The first kappa shape index (κ1) is 14.7. The molecular formula is C18H19N5O. The number of fused-ring (bicyclic) bond motifs is 1. The summed E-state index contributed by atoms with van der Waals surface area (Å²) in [6.07, 6.45) is 9.47. The van der Waals surface area contributed by atoms with Gasteiger partial charge in [-0.25, -0.2) is 9.78 Å². The number of carbonyl (C=O) groups excluding carboxylic acids is 1. The second-order valence-electron chi connectivity index (χ2n) is 5.99. The molecule has 4 heterocycles. The largest absolute Gasteiger partial charge is 0.332 e. The lowest BCUT2D eigenvalue weighted by atomic mass is 10.1. The van der Waals surface area contributed by atoms with Gasteiger partial charge in [0.1, 0.15) is 5.65 Å². The zero-order valence-electron chi connectivity index (χ0n) is 13.3. The highest BCUT2D eigenvalue weighted by atomic mass is 16.2. The molecule has 0 spiro atoms. The molecule has 6 heteroatoms. The van der Waals surface area contributed by atoms with Crippen molar-refractivity contribution in [1.82, 2.24) is 24.6 Å². The third kappa shape index (κ3) is 2.82. The highest BCUT2D eigenvalue weighted by Crippen LogP contribution is 2.31. The summed E-state index contributed by atoms with van der Waals surface area (Å²) in [6.45, 7) is 1.21. The molecule has 1 atom stereocenters. The molecule has 24 heavy (non-hydrogen) atoms. The second kappa shape index (κ2) is 6.31. The molecular weight excluding hydrogens is 302 g/mol. The zero-order valence-corrected chi connectivity index (χ0v) is 13.3. The molecule has 0 aromatic carbocycles. The Morgan fingerprint density at radius 2 is 2.12 bits per heavy atom. The molecule has 4 rings (SSSR count). The molecule has 1 unspecified atom stereocenters. The highest BCUT2D eigenvalue weighted by molar-refractivity contribution is 5.75. The van der Waals surface area contributed by atoms with Crippen molar-refractivity contribution in [3.05, 3.63) is 66.4 Å². The fourth-order valence-electron chi connectivity index (χ4n) is 3.28. The van der Waals surface area contributed by atoms with E-state index in [0.717, 1.165) is 36.3 Å². The van der Waals surface area contributed by atoms with Crippen LogP contribution in [0.4, 0.5) is 4.79 Å². The lowest BCUT2D eigenvalue weighted by Crippen LogP contribution is -2.39. The fraction of sp³-hybridized carbons (Fsp3) is 0.278. The Labute approximate surface area is 140 Å². The Balaban J connectivity index is 1.43. The minimum atomic E-state index is -0.0358. The van der Waals surface area contributed by atoms with Crippen LogP contribution in [-0.2, 0) is 6.54 Å². The number of aromatic nitrogens is 3. The summed E-state index contributed by atoms with van der Waals surface area (Å²) in [5.41, 5.74) is 2.89. The predicted octanol–water partition coefficient (Wildman–Crippen LogP) is 2.78. The van der Waals surface area contributed by atoms with Crippen LogP contribution in [0, 0.1) is 0 Å². The Kier molecular flexibility index (Phi) is 3.86. The number of imidazole rings is 1. The number of hydrogen-bond donors (Lipinski definition) is 1. The van der Waals surface area contributed by atoms with Crippen LogP contribution < -0.4 is 5.32 Å². The van der Waals surface area contributed by atoms with E-state index in [1.54, 1.807) is 12.4 Å². The molecule has 1 N–H and O–H groups in total. The summed E-state index contributed by atoms with van der Waals surface area (Å²) >= 11 is 0. The molecule has 6 nitrogen and oxygen atoms in total. The van der Waals surface area contributed by atoms with E-state index in [-0.39, 0.29) is 12.1 Å². The first-order valence-corrected chi connectivity index (χ1v) is 8.18. The van der Waals surface area contributed by atoms with E-state index in [1.807, 2.05) is 52.0 Å². The number of urea groups is 1. The normalized spacial score (nSPS) is 17.3. The lowest BCUT2D eigenvalue weighted by Gasteiger charge is -2.25. The van der Waals surface area contributed by atoms with Crippen LogP contribution in [0.15, 0.2) is 55.1 Å². The summed E-state index contributed by atoms with van der Waals surface area (Å²) < 4.78 is 1.96. The van der Waals surface area contributed by atoms with Gasteiger partial charge in [-0.15, -0.1) is 0 Å². The van der Waals surface area contributed by atoms with E-state index in [9.17, 15) is 4.79 Å². The number of rotatable bonds is 3. The van der Waals surface area contributed by atoms with Crippen molar-refractivity contribution in [2.75, 3.05) is 6.54 Å². The topological polar surface area (TPSA) is 62.5 Å². The van der Waals surface area contributed by atoms with Gasteiger partial charge < -0.3 is 14.6 Å². The second-order valence-corrected chi connectivity index (χ2v) is 5.99. The Morgan fingerprint density at radius 1 is 1.25 bits per heavy atom. The van der Waals surface area contributed by atoms with Crippen LogP contribution in [0.3, 0.4) is 0 Å². The maximum atomic E-state index is 12.6. The minimum Gasteiger partial charge on any atom is -0.332 e. The number of carbonyl (C=O) groups is 1. The molecule has 1 aliphatic rings. The van der Waals surface area contributed by atoms with E-state index < -0.39 is 0 Å². The maximum absolute atomic E-state index is 12.6. The van der Waals surface area contributed by atoms with Gasteiger partial charge in [-0.1, -0.05) is 6.07 Å². The number of nitrogens with one attached hydrogen (secondary N) is 1. The third-order valence-corrected chi connectivity index (χ3v) is 4.44. The Morgan fingerprint density at radius 3 is 2.96 bits per heavy atom. The van der Waals surface area contributed by atoms with Gasteiger partial charge in [-0.2, -0.15) is 0 Å². The molecule has 2 amide bonds. The van der Waals surface area contributed by atoms with Crippen molar-refractivity contribution in [2.24, 2.45) is 0 Å². The van der Waals surface area contributed by atoms with Crippen molar-refractivity contribution in [3.8, 4) is 0 Å². The van der Waals surface area contributed by atoms with E-state index >= 15 is 0 Å². The van der Waals surface area contributed by atoms with E-state index in [0.29, 0.717) is 6.54 Å². The van der Waals surface area contributed by atoms with Crippen LogP contribution in [0.5, 0.6) is 0 Å². The van der Waals surface area contributed by atoms with Gasteiger partial charge in [0, 0.05) is 31.3 Å². The van der Waals surface area contributed by atoms with Crippen LogP contribution in [0.25, 0.3) is 5.65 Å². The van der Waals surface area contributed by atoms with Gasteiger partial charge in [-0.3, -0.25) is 4.98 Å². The third-order valence-electron chi connectivity index (χ3n) is 4.44. The molecule has 3 aromatic heterocycles. The number of likely N-dealkylation sites (tertiary alicyclic amines) is 1. The summed E-state index contributed by atoms with van der Waals surface area (Å²) in [6, 6.07) is 9.93. The predicted molar refractivity (Wildman–Crippen MR) is 90.3 cm³/mol. The van der Waals surface area contributed by atoms with Gasteiger partial charge in [-0.05, 0) is 42.7 Å². The molecule has 3 aromatic rings. The SMILES string of the molecule is O=C(NCc1cn2ccccc2n1)N1CCCC1c1ccncc1. The first-order valence-electron chi connectivity index (χ1n) is 8.18. The summed E-state index contributed by atoms with van der Waals surface area (Å²) in [4.78, 5) is 23.1. The van der Waals surface area contributed by atoms with Crippen LogP contribution in [-0.4, -0.2) is 31.8 Å². The van der Waals surface area contributed by atoms with Crippen molar-refractivity contribution in [1.29, 1.82) is 0 Å². The standard InChI is InChI=1S/C18H19N5O/c24-18(20-12-15-13-22-10-2-1-5-17(22)21-15)23-11-3-4-16(23)14-6-8-19-9-7-14/h1-2,5-10,13,16H,3-4,11-12H2,(H,20,24). The average molecular weight is 321 g/mol. The quantitative estimate of drug-likeness (QED) is 0.807. The van der Waals surface area contributed by atoms with Gasteiger partial charge >= 0.3 is 6.03 Å². The number of amides is 2. The number of hydrogen-bond acceptors (Lipinski definition) is 3. The zero-order chi connectivity index (χ0) is 16.4.